The van der Waals surface area contributed by atoms with Gasteiger partial charge in [-0.1, -0.05) is 25.4 Å². The summed E-state index contributed by atoms with van der Waals surface area (Å²) in [5, 5.41) is 5.25. The zero-order valence-corrected chi connectivity index (χ0v) is 13.2. The van der Waals surface area contributed by atoms with E-state index in [0.29, 0.717) is 0 Å². The lowest BCUT2D eigenvalue weighted by Gasteiger charge is -2.13. The molecule has 0 aromatic carbocycles. The maximum atomic E-state index is 6.41. The highest BCUT2D eigenvalue weighted by molar-refractivity contribution is 6.31. The molecule has 110 valence electrons. The molecule has 0 saturated carbocycles. The number of aromatic nitrogens is 3. The lowest BCUT2D eigenvalue weighted by Crippen LogP contribution is -2.23. The van der Waals surface area contributed by atoms with Gasteiger partial charge in [0.1, 0.15) is 0 Å². The maximum Gasteiger partial charge on any atom is 0.0868 e. The van der Waals surface area contributed by atoms with Crippen molar-refractivity contribution in [2.75, 3.05) is 0 Å². The van der Waals surface area contributed by atoms with E-state index in [9.17, 15) is 0 Å². The van der Waals surface area contributed by atoms with Gasteiger partial charge in [0.25, 0.3) is 0 Å². The third-order valence-corrected chi connectivity index (χ3v) is 4.18. The molecule has 5 heteroatoms. The van der Waals surface area contributed by atoms with Crippen LogP contribution in [0.3, 0.4) is 0 Å². The Kier molecular flexibility index (Phi) is 4.89. The van der Waals surface area contributed by atoms with Crippen LogP contribution in [0.1, 0.15) is 37.4 Å². The summed E-state index contributed by atoms with van der Waals surface area (Å²) >= 11 is 6.41. The molecule has 2 rings (SSSR count). The lowest BCUT2D eigenvalue weighted by atomic mass is 10.1. The van der Waals surface area contributed by atoms with Gasteiger partial charge in [-0.15, -0.1) is 0 Å². The molecule has 2 aromatic heterocycles. The fourth-order valence-electron chi connectivity index (χ4n) is 2.35. The van der Waals surface area contributed by atoms with Crippen LogP contribution >= 0.6 is 11.6 Å². The van der Waals surface area contributed by atoms with Crippen molar-refractivity contribution in [3.05, 3.63) is 40.4 Å². The number of nitrogens with two attached hydrogens (primary N) is 1. The fraction of sp³-hybridized carbons (Fsp3) is 0.533. The second-order valence-corrected chi connectivity index (χ2v) is 5.56. The van der Waals surface area contributed by atoms with Crippen molar-refractivity contribution in [1.82, 2.24) is 14.3 Å². The van der Waals surface area contributed by atoms with E-state index in [1.807, 2.05) is 11.7 Å². The van der Waals surface area contributed by atoms with Crippen molar-refractivity contribution >= 4 is 11.6 Å². The largest absolute Gasteiger partial charge is 0.345 e. The average molecular weight is 295 g/mol. The van der Waals surface area contributed by atoms with Crippen LogP contribution < -0.4 is 5.73 Å². The van der Waals surface area contributed by atoms with Crippen molar-refractivity contribution in [3.63, 3.8) is 0 Å². The molecule has 4 nitrogen and oxygen atoms in total. The standard InChI is InChI=1S/C15H23ClN4/c1-4-11(17)9-12-7-6-8-20(12)10-14-15(16)13(5-2)18-19(14)3/h6-8,11H,4-5,9-10,17H2,1-3H3. The second-order valence-electron chi connectivity index (χ2n) is 5.18. The molecule has 2 N–H and O–H groups in total. The number of aryl methyl sites for hydroxylation is 2. The van der Waals surface area contributed by atoms with Crippen LogP contribution in [0.25, 0.3) is 0 Å². The van der Waals surface area contributed by atoms with Crippen LogP contribution in [0, 0.1) is 0 Å². The zero-order valence-electron chi connectivity index (χ0n) is 12.4. The highest BCUT2D eigenvalue weighted by Gasteiger charge is 2.14. The van der Waals surface area contributed by atoms with E-state index >= 15 is 0 Å². The SMILES string of the molecule is CCc1nn(C)c(Cn2cccc2CC(N)CC)c1Cl. The van der Waals surface area contributed by atoms with Crippen molar-refractivity contribution < 1.29 is 0 Å². The van der Waals surface area contributed by atoms with Crippen LogP contribution in [-0.4, -0.2) is 20.4 Å². The Morgan fingerprint density at radius 2 is 2.15 bits per heavy atom. The molecule has 0 radical (unpaired) electrons. The molecule has 0 saturated heterocycles. The second kappa shape index (κ2) is 6.46. The van der Waals surface area contributed by atoms with Crippen LogP contribution in [0.2, 0.25) is 5.02 Å². The van der Waals surface area contributed by atoms with E-state index in [4.69, 9.17) is 17.3 Å². The fourth-order valence-corrected chi connectivity index (χ4v) is 2.71. The minimum atomic E-state index is 0.205. The molecule has 0 fully saturated rings. The van der Waals surface area contributed by atoms with E-state index in [-0.39, 0.29) is 6.04 Å². The van der Waals surface area contributed by atoms with Gasteiger partial charge in [0.2, 0.25) is 0 Å². The molecule has 2 heterocycles. The summed E-state index contributed by atoms with van der Waals surface area (Å²) < 4.78 is 4.09. The first kappa shape index (κ1) is 15.1. The van der Waals surface area contributed by atoms with Gasteiger partial charge in [-0.25, -0.2) is 0 Å². The summed E-state index contributed by atoms with van der Waals surface area (Å²) in [5.41, 5.74) is 9.31. The monoisotopic (exact) mass is 294 g/mol. The van der Waals surface area contributed by atoms with E-state index in [1.54, 1.807) is 0 Å². The van der Waals surface area contributed by atoms with Crippen LogP contribution in [0.15, 0.2) is 18.3 Å². The Hall–Kier alpha value is -1.26. The van der Waals surface area contributed by atoms with Crippen LogP contribution in [0.5, 0.6) is 0 Å². The molecule has 0 amide bonds. The van der Waals surface area contributed by atoms with Crippen molar-refractivity contribution in [2.45, 2.75) is 45.7 Å². The topological polar surface area (TPSA) is 48.8 Å². The van der Waals surface area contributed by atoms with Gasteiger partial charge in [0, 0.05) is 31.4 Å². The number of hydrogen-bond donors (Lipinski definition) is 1. The predicted octanol–water partition coefficient (Wildman–Crippen LogP) is 2.77. The van der Waals surface area contributed by atoms with E-state index in [1.165, 1.54) is 5.69 Å². The normalized spacial score (nSPS) is 12.8. The lowest BCUT2D eigenvalue weighted by molar-refractivity contribution is 0.595. The van der Waals surface area contributed by atoms with E-state index in [0.717, 1.165) is 42.2 Å². The predicted molar refractivity (Wildman–Crippen MR) is 83.1 cm³/mol. The minimum absolute atomic E-state index is 0.205. The highest BCUT2D eigenvalue weighted by Crippen LogP contribution is 2.22. The first-order chi connectivity index (χ1) is 9.56. The summed E-state index contributed by atoms with van der Waals surface area (Å²) in [4.78, 5) is 0. The van der Waals surface area contributed by atoms with Crippen molar-refractivity contribution in [2.24, 2.45) is 12.8 Å². The maximum absolute atomic E-state index is 6.41. The average Bonchev–Trinajstić information content (AvgIpc) is 2.98. The first-order valence-electron chi connectivity index (χ1n) is 7.16. The minimum Gasteiger partial charge on any atom is -0.345 e. The van der Waals surface area contributed by atoms with Crippen LogP contribution in [-0.2, 0) is 26.4 Å². The molecular formula is C15H23ClN4. The number of rotatable bonds is 6. The van der Waals surface area contributed by atoms with Gasteiger partial charge < -0.3 is 10.3 Å². The molecule has 1 atom stereocenters. The third-order valence-electron chi connectivity index (χ3n) is 3.74. The quantitative estimate of drug-likeness (QED) is 0.890. The van der Waals surface area contributed by atoms with Gasteiger partial charge in [-0.3, -0.25) is 4.68 Å². The summed E-state index contributed by atoms with van der Waals surface area (Å²) in [6.07, 6.45) is 4.80. The summed E-state index contributed by atoms with van der Waals surface area (Å²) in [6.45, 7) is 4.92. The summed E-state index contributed by atoms with van der Waals surface area (Å²) in [7, 11) is 1.95. The number of halogens is 1. The van der Waals surface area contributed by atoms with Gasteiger partial charge in [-0.2, -0.15) is 5.10 Å². The first-order valence-corrected chi connectivity index (χ1v) is 7.54. The molecule has 20 heavy (non-hydrogen) atoms. The molecule has 2 aromatic rings. The Morgan fingerprint density at radius 3 is 2.75 bits per heavy atom. The molecular weight excluding hydrogens is 272 g/mol. The van der Waals surface area contributed by atoms with Crippen molar-refractivity contribution in [1.29, 1.82) is 0 Å². The summed E-state index contributed by atoms with van der Waals surface area (Å²) in [6, 6.07) is 4.39. The van der Waals surface area contributed by atoms with Gasteiger partial charge in [0.15, 0.2) is 0 Å². The molecule has 0 aliphatic heterocycles. The molecule has 0 bridgehead atoms. The smallest absolute Gasteiger partial charge is 0.0868 e. The Labute approximate surface area is 125 Å². The van der Waals surface area contributed by atoms with E-state index in [2.05, 4.69) is 41.8 Å². The Balaban J connectivity index is 2.23. The molecule has 0 aliphatic carbocycles. The third kappa shape index (κ3) is 3.07. The van der Waals surface area contributed by atoms with E-state index < -0.39 is 0 Å². The highest BCUT2D eigenvalue weighted by atomic mass is 35.5. The Morgan fingerprint density at radius 1 is 1.40 bits per heavy atom. The molecule has 0 aliphatic rings. The number of nitrogens with zero attached hydrogens (tertiary/aromatic N) is 3. The van der Waals surface area contributed by atoms with Gasteiger partial charge in [-0.05, 0) is 25.0 Å². The zero-order chi connectivity index (χ0) is 14.7. The molecule has 1 unspecified atom stereocenters. The van der Waals surface area contributed by atoms with Gasteiger partial charge in [0.05, 0.1) is 23.0 Å². The van der Waals surface area contributed by atoms with Gasteiger partial charge >= 0.3 is 0 Å². The van der Waals surface area contributed by atoms with Crippen LogP contribution in [0.4, 0.5) is 0 Å². The number of hydrogen-bond acceptors (Lipinski definition) is 2. The van der Waals surface area contributed by atoms with Crippen molar-refractivity contribution in [3.8, 4) is 0 Å². The molecule has 0 spiro atoms. The Bertz CT molecular complexity index is 570. The summed E-state index contributed by atoms with van der Waals surface area (Å²) in [5.74, 6) is 0.